The summed E-state index contributed by atoms with van der Waals surface area (Å²) in [5.74, 6) is 0.606. The van der Waals surface area contributed by atoms with Gasteiger partial charge in [0.05, 0.1) is 11.5 Å². The van der Waals surface area contributed by atoms with Crippen LogP contribution in [-0.2, 0) is 22.7 Å². The van der Waals surface area contributed by atoms with Crippen molar-refractivity contribution in [2.24, 2.45) is 5.92 Å². The van der Waals surface area contributed by atoms with E-state index in [1.807, 2.05) is 12.1 Å². The molecule has 1 saturated heterocycles. The zero-order chi connectivity index (χ0) is 17.3. The van der Waals surface area contributed by atoms with E-state index < -0.39 is 9.84 Å². The number of rotatable bonds is 4. The Labute approximate surface area is 145 Å². The molecule has 1 fully saturated rings. The average molecular weight is 349 g/mol. The van der Waals surface area contributed by atoms with Crippen LogP contribution in [0.25, 0.3) is 0 Å². The molecule has 1 aliphatic carbocycles. The van der Waals surface area contributed by atoms with Crippen LogP contribution >= 0.6 is 0 Å². The number of aryl methyl sites for hydroxylation is 2. The first kappa shape index (κ1) is 17.5. The largest absolute Gasteiger partial charge is 0.334 e. The summed E-state index contributed by atoms with van der Waals surface area (Å²) < 4.78 is 23.7. The Hall–Kier alpha value is -1.36. The first-order valence-corrected chi connectivity index (χ1v) is 10.8. The second-order valence-corrected chi connectivity index (χ2v) is 9.83. The van der Waals surface area contributed by atoms with Gasteiger partial charge in [0.25, 0.3) is 5.91 Å². The summed E-state index contributed by atoms with van der Waals surface area (Å²) in [4.78, 5) is 14.9. The van der Waals surface area contributed by atoms with Gasteiger partial charge in [0.1, 0.15) is 0 Å². The molecular weight excluding hydrogens is 322 g/mol. The quantitative estimate of drug-likeness (QED) is 0.840. The lowest BCUT2D eigenvalue weighted by molar-refractivity contribution is 0.0672. The maximum Gasteiger partial charge on any atom is 0.254 e. The van der Waals surface area contributed by atoms with E-state index in [2.05, 4.69) is 19.9 Å². The predicted molar refractivity (Wildman–Crippen MR) is 96.0 cm³/mol. The predicted octanol–water partition coefficient (Wildman–Crippen LogP) is 2.85. The van der Waals surface area contributed by atoms with Gasteiger partial charge in [0, 0.05) is 18.2 Å². The molecular formula is C19H27NO3S. The van der Waals surface area contributed by atoms with E-state index in [9.17, 15) is 13.2 Å². The molecule has 1 aromatic carbocycles. The third-order valence-electron chi connectivity index (χ3n) is 5.07. The number of carbonyl (C=O) groups excluding carboxylic acids is 1. The summed E-state index contributed by atoms with van der Waals surface area (Å²) in [6, 6.07) is 5.86. The Bertz CT molecular complexity index is 724. The van der Waals surface area contributed by atoms with E-state index in [0.29, 0.717) is 24.4 Å². The standard InChI is InChI=1S/C19H27NO3S/c1-14(2)12-20(18-9-10-24(22,23)13-18)19(21)17-8-7-15-5-3-4-6-16(15)11-17/h7-8,11,14,18H,3-6,9-10,12-13H2,1-2H3. The zero-order valence-electron chi connectivity index (χ0n) is 14.6. The third-order valence-corrected chi connectivity index (χ3v) is 6.82. The van der Waals surface area contributed by atoms with E-state index >= 15 is 0 Å². The first-order valence-electron chi connectivity index (χ1n) is 8.99. The Morgan fingerprint density at radius 3 is 2.54 bits per heavy atom. The Morgan fingerprint density at radius 2 is 1.92 bits per heavy atom. The molecule has 3 rings (SSSR count). The molecule has 0 N–H and O–H groups in total. The average Bonchev–Trinajstić information content (AvgIpc) is 2.91. The molecule has 4 nitrogen and oxygen atoms in total. The molecule has 0 spiro atoms. The molecule has 0 radical (unpaired) electrons. The number of amides is 1. The smallest absolute Gasteiger partial charge is 0.254 e. The molecule has 0 bridgehead atoms. The number of nitrogens with zero attached hydrogens (tertiary/aromatic N) is 1. The highest BCUT2D eigenvalue weighted by Crippen LogP contribution is 2.25. The maximum atomic E-state index is 13.1. The van der Waals surface area contributed by atoms with E-state index in [1.54, 1.807) is 4.90 Å². The van der Waals surface area contributed by atoms with Gasteiger partial charge in [-0.05, 0) is 61.3 Å². The van der Waals surface area contributed by atoms with E-state index in [0.717, 1.165) is 12.8 Å². The van der Waals surface area contributed by atoms with Crippen LogP contribution in [0.3, 0.4) is 0 Å². The minimum absolute atomic E-state index is 0.0147. The molecule has 1 atom stereocenters. The van der Waals surface area contributed by atoms with Crippen LogP contribution in [0.2, 0.25) is 0 Å². The van der Waals surface area contributed by atoms with Crippen molar-refractivity contribution >= 4 is 15.7 Å². The van der Waals surface area contributed by atoms with Crippen molar-refractivity contribution in [1.82, 2.24) is 4.90 Å². The van der Waals surface area contributed by atoms with Gasteiger partial charge in [-0.1, -0.05) is 19.9 Å². The fraction of sp³-hybridized carbons (Fsp3) is 0.632. The fourth-order valence-electron chi connectivity index (χ4n) is 3.84. The van der Waals surface area contributed by atoms with Crippen LogP contribution in [0.15, 0.2) is 18.2 Å². The van der Waals surface area contributed by atoms with Gasteiger partial charge >= 0.3 is 0 Å². The number of fused-ring (bicyclic) bond motifs is 1. The molecule has 1 amide bonds. The summed E-state index contributed by atoms with van der Waals surface area (Å²) in [6.07, 6.45) is 5.10. The van der Waals surface area contributed by atoms with E-state index in [1.165, 1.54) is 24.0 Å². The summed E-state index contributed by atoms with van der Waals surface area (Å²) >= 11 is 0. The number of carbonyl (C=O) groups is 1. The molecule has 24 heavy (non-hydrogen) atoms. The highest BCUT2D eigenvalue weighted by atomic mass is 32.2. The molecule has 0 saturated carbocycles. The summed E-state index contributed by atoms with van der Waals surface area (Å²) in [6.45, 7) is 4.74. The van der Waals surface area contributed by atoms with Crippen molar-refractivity contribution < 1.29 is 13.2 Å². The van der Waals surface area contributed by atoms with Crippen LogP contribution in [0.5, 0.6) is 0 Å². The van der Waals surface area contributed by atoms with Gasteiger partial charge in [-0.15, -0.1) is 0 Å². The second kappa shape index (κ2) is 6.87. The fourth-order valence-corrected chi connectivity index (χ4v) is 5.58. The third kappa shape index (κ3) is 3.82. The molecule has 1 aromatic rings. The van der Waals surface area contributed by atoms with Crippen molar-refractivity contribution in [1.29, 1.82) is 0 Å². The molecule has 1 unspecified atom stereocenters. The van der Waals surface area contributed by atoms with E-state index in [4.69, 9.17) is 0 Å². The summed E-state index contributed by atoms with van der Waals surface area (Å²) in [5, 5.41) is 0. The van der Waals surface area contributed by atoms with Crippen molar-refractivity contribution in [3.63, 3.8) is 0 Å². The lowest BCUT2D eigenvalue weighted by Gasteiger charge is -2.30. The normalized spacial score (nSPS) is 22.4. The lowest BCUT2D eigenvalue weighted by atomic mass is 9.90. The van der Waals surface area contributed by atoms with E-state index in [-0.39, 0.29) is 23.5 Å². The Kier molecular flexibility index (Phi) is 5.00. The SMILES string of the molecule is CC(C)CN(C(=O)c1ccc2c(c1)CCCC2)C1CCS(=O)(=O)C1. The maximum absolute atomic E-state index is 13.1. The number of hydrogen-bond acceptors (Lipinski definition) is 3. The molecule has 132 valence electrons. The molecule has 1 heterocycles. The zero-order valence-corrected chi connectivity index (χ0v) is 15.4. The minimum atomic E-state index is -3.00. The molecule has 1 aliphatic heterocycles. The molecule has 5 heteroatoms. The number of benzene rings is 1. The second-order valence-electron chi connectivity index (χ2n) is 7.60. The van der Waals surface area contributed by atoms with Crippen LogP contribution in [0, 0.1) is 5.92 Å². The molecule has 0 aromatic heterocycles. The van der Waals surface area contributed by atoms with Crippen LogP contribution in [0.1, 0.15) is 54.6 Å². The first-order chi connectivity index (χ1) is 11.4. The summed E-state index contributed by atoms with van der Waals surface area (Å²) in [7, 11) is -3.00. The molecule has 2 aliphatic rings. The lowest BCUT2D eigenvalue weighted by Crippen LogP contribution is -2.43. The summed E-state index contributed by atoms with van der Waals surface area (Å²) in [5.41, 5.74) is 3.35. The van der Waals surface area contributed by atoms with Gasteiger partial charge in [-0.25, -0.2) is 8.42 Å². The Morgan fingerprint density at radius 1 is 1.21 bits per heavy atom. The highest BCUT2D eigenvalue weighted by molar-refractivity contribution is 7.91. The van der Waals surface area contributed by atoms with Crippen molar-refractivity contribution in [3.8, 4) is 0 Å². The highest BCUT2D eigenvalue weighted by Gasteiger charge is 2.35. The van der Waals surface area contributed by atoms with Crippen LogP contribution in [-0.4, -0.2) is 43.3 Å². The van der Waals surface area contributed by atoms with Crippen LogP contribution in [0.4, 0.5) is 0 Å². The number of hydrogen-bond donors (Lipinski definition) is 0. The van der Waals surface area contributed by atoms with Gasteiger partial charge < -0.3 is 4.90 Å². The van der Waals surface area contributed by atoms with Gasteiger partial charge in [-0.3, -0.25) is 4.79 Å². The monoisotopic (exact) mass is 349 g/mol. The Balaban J connectivity index is 1.85. The van der Waals surface area contributed by atoms with Gasteiger partial charge in [0.2, 0.25) is 0 Å². The van der Waals surface area contributed by atoms with Crippen LogP contribution < -0.4 is 0 Å². The van der Waals surface area contributed by atoms with Gasteiger partial charge in [0.15, 0.2) is 9.84 Å². The number of sulfone groups is 1. The van der Waals surface area contributed by atoms with Crippen molar-refractivity contribution in [2.45, 2.75) is 52.0 Å². The van der Waals surface area contributed by atoms with Gasteiger partial charge in [-0.2, -0.15) is 0 Å². The topological polar surface area (TPSA) is 54.5 Å². The van der Waals surface area contributed by atoms with Crippen molar-refractivity contribution in [2.75, 3.05) is 18.1 Å². The van der Waals surface area contributed by atoms with Crippen molar-refractivity contribution in [3.05, 3.63) is 34.9 Å². The minimum Gasteiger partial charge on any atom is -0.334 e.